The van der Waals surface area contributed by atoms with Crippen molar-refractivity contribution in [3.63, 3.8) is 0 Å². The first kappa shape index (κ1) is 9.58. The van der Waals surface area contributed by atoms with Crippen molar-refractivity contribution in [3.05, 3.63) is 29.3 Å². The van der Waals surface area contributed by atoms with Crippen molar-refractivity contribution < 1.29 is 9.31 Å². The van der Waals surface area contributed by atoms with Gasteiger partial charge < -0.3 is 9.31 Å². The average Bonchev–Trinajstić information content (AvgIpc) is 2.10. The molecule has 0 radical (unpaired) electrons. The van der Waals surface area contributed by atoms with Crippen LogP contribution in [-0.4, -0.2) is 21.3 Å². The van der Waals surface area contributed by atoms with E-state index in [4.69, 9.17) is 20.9 Å². The maximum absolute atomic E-state index is 5.72. The minimum absolute atomic E-state index is 0.303. The van der Waals surface area contributed by atoms with Crippen LogP contribution in [-0.2, 0) is 9.31 Å². The molecule has 0 aliphatic rings. The van der Waals surface area contributed by atoms with E-state index in [0.717, 1.165) is 5.46 Å². The molecule has 0 amide bonds. The Morgan fingerprint density at radius 3 is 2.00 bits per heavy atom. The quantitative estimate of drug-likeness (QED) is 0.660. The first-order valence-electron chi connectivity index (χ1n) is 3.59. The number of benzene rings is 1. The maximum atomic E-state index is 5.72. The molecule has 0 saturated heterocycles. The summed E-state index contributed by atoms with van der Waals surface area (Å²) in [6.45, 7) is 0. The molecule has 1 aromatic carbocycles. The van der Waals surface area contributed by atoms with Gasteiger partial charge in [0.15, 0.2) is 0 Å². The topological polar surface area (TPSA) is 18.5 Å². The fourth-order valence-corrected chi connectivity index (χ4v) is 1.11. The predicted molar refractivity (Wildman–Crippen MR) is 50.9 cm³/mol. The van der Waals surface area contributed by atoms with Gasteiger partial charge in [-0.3, -0.25) is 0 Å². The smallest absolute Gasteiger partial charge is 0.410 e. The fraction of sp³-hybridized carbons (Fsp3) is 0.250. The van der Waals surface area contributed by atoms with Gasteiger partial charge in [-0.05, 0) is 17.6 Å². The van der Waals surface area contributed by atoms with Gasteiger partial charge in [-0.15, -0.1) is 0 Å². The van der Waals surface area contributed by atoms with Gasteiger partial charge in [0.2, 0.25) is 0 Å². The zero-order valence-electron chi connectivity index (χ0n) is 7.08. The molecule has 0 heterocycles. The summed E-state index contributed by atoms with van der Waals surface area (Å²) in [5, 5.41) is 0.713. The van der Waals surface area contributed by atoms with Gasteiger partial charge in [0.25, 0.3) is 0 Å². The summed E-state index contributed by atoms with van der Waals surface area (Å²) in [5.41, 5.74) is 0.962. The molecule has 0 aliphatic carbocycles. The third kappa shape index (κ3) is 2.24. The van der Waals surface area contributed by atoms with E-state index in [1.165, 1.54) is 0 Å². The Hall–Kier alpha value is -0.505. The molecule has 0 unspecified atom stereocenters. The Labute approximate surface area is 77.6 Å². The third-order valence-electron chi connectivity index (χ3n) is 1.57. The molecular formula is C8H10BClO2. The van der Waals surface area contributed by atoms with Crippen LogP contribution in [0, 0.1) is 0 Å². The van der Waals surface area contributed by atoms with Gasteiger partial charge in [0.05, 0.1) is 0 Å². The number of hydrogen-bond acceptors (Lipinski definition) is 2. The molecule has 0 aromatic heterocycles. The summed E-state index contributed by atoms with van der Waals surface area (Å²) < 4.78 is 10.1. The molecule has 12 heavy (non-hydrogen) atoms. The molecule has 0 spiro atoms. The lowest BCUT2D eigenvalue weighted by Gasteiger charge is -2.07. The van der Waals surface area contributed by atoms with Crippen molar-refractivity contribution in [2.45, 2.75) is 0 Å². The molecule has 0 N–H and O–H groups in total. The highest BCUT2D eigenvalue weighted by Gasteiger charge is 2.16. The van der Waals surface area contributed by atoms with Crippen molar-refractivity contribution in [2.75, 3.05) is 14.2 Å². The number of halogens is 1. The van der Waals surface area contributed by atoms with Crippen molar-refractivity contribution in [1.82, 2.24) is 0 Å². The number of hydrogen-bond donors (Lipinski definition) is 0. The van der Waals surface area contributed by atoms with Gasteiger partial charge in [0, 0.05) is 19.2 Å². The van der Waals surface area contributed by atoms with Crippen molar-refractivity contribution in [2.24, 2.45) is 0 Å². The molecule has 2 nitrogen and oxygen atoms in total. The van der Waals surface area contributed by atoms with Crippen LogP contribution in [0.2, 0.25) is 5.02 Å². The number of rotatable bonds is 3. The van der Waals surface area contributed by atoms with E-state index in [9.17, 15) is 0 Å². The summed E-state index contributed by atoms with van der Waals surface area (Å²) in [6, 6.07) is 7.36. The van der Waals surface area contributed by atoms with E-state index in [1.807, 2.05) is 24.3 Å². The Morgan fingerprint density at radius 2 is 1.58 bits per heavy atom. The van der Waals surface area contributed by atoms with E-state index < -0.39 is 0 Å². The minimum Gasteiger partial charge on any atom is -0.410 e. The highest BCUT2D eigenvalue weighted by Crippen LogP contribution is 2.04. The average molecular weight is 184 g/mol. The summed E-state index contributed by atoms with van der Waals surface area (Å²) >= 11 is 5.72. The third-order valence-corrected chi connectivity index (χ3v) is 1.82. The molecule has 4 heteroatoms. The van der Waals surface area contributed by atoms with E-state index >= 15 is 0 Å². The summed E-state index contributed by atoms with van der Waals surface area (Å²) in [6.07, 6.45) is 0. The second kappa shape index (κ2) is 4.50. The van der Waals surface area contributed by atoms with Crippen LogP contribution in [0.5, 0.6) is 0 Å². The Morgan fingerprint density at radius 1 is 1.08 bits per heavy atom. The molecule has 1 aromatic rings. The molecule has 0 bridgehead atoms. The molecular weight excluding hydrogens is 174 g/mol. The summed E-state index contributed by atoms with van der Waals surface area (Å²) in [5.74, 6) is 0. The van der Waals surface area contributed by atoms with Gasteiger partial charge in [-0.2, -0.15) is 0 Å². The highest BCUT2D eigenvalue weighted by molar-refractivity contribution is 6.61. The van der Waals surface area contributed by atoms with Gasteiger partial charge in [-0.25, -0.2) is 0 Å². The zero-order chi connectivity index (χ0) is 8.97. The minimum atomic E-state index is -0.303. The lowest BCUT2D eigenvalue weighted by molar-refractivity contribution is 0.292. The summed E-state index contributed by atoms with van der Waals surface area (Å²) in [4.78, 5) is 0. The van der Waals surface area contributed by atoms with Gasteiger partial charge in [-0.1, -0.05) is 23.7 Å². The normalized spacial score (nSPS) is 9.92. The van der Waals surface area contributed by atoms with E-state index in [-0.39, 0.29) is 7.12 Å². The van der Waals surface area contributed by atoms with Gasteiger partial charge >= 0.3 is 7.12 Å². The Balaban J connectivity index is 2.80. The van der Waals surface area contributed by atoms with Crippen molar-refractivity contribution in [3.8, 4) is 0 Å². The molecule has 0 atom stereocenters. The lowest BCUT2D eigenvalue weighted by atomic mass is 9.79. The fourth-order valence-electron chi connectivity index (χ4n) is 0.988. The summed E-state index contributed by atoms with van der Waals surface area (Å²) in [7, 11) is 2.90. The highest BCUT2D eigenvalue weighted by atomic mass is 35.5. The van der Waals surface area contributed by atoms with Crippen LogP contribution in [0.15, 0.2) is 24.3 Å². The standard InChI is InChI=1S/C8H10BClO2/c1-11-9(12-2)7-3-5-8(10)6-4-7/h3-6H,1-2H3. The van der Waals surface area contributed by atoms with E-state index in [1.54, 1.807) is 14.2 Å². The second-order valence-corrected chi connectivity index (χ2v) is 2.79. The maximum Gasteiger partial charge on any atom is 0.493 e. The molecule has 64 valence electrons. The first-order valence-corrected chi connectivity index (χ1v) is 3.96. The van der Waals surface area contributed by atoms with Crippen molar-refractivity contribution >= 4 is 24.2 Å². The first-order chi connectivity index (χ1) is 5.77. The Bertz CT molecular complexity index is 233. The predicted octanol–water partition coefficient (Wildman–Crippen LogP) is 1.33. The lowest BCUT2D eigenvalue weighted by Crippen LogP contribution is -2.34. The molecule has 0 aliphatic heterocycles. The van der Waals surface area contributed by atoms with Crippen LogP contribution < -0.4 is 5.46 Å². The molecule has 0 fully saturated rings. The van der Waals surface area contributed by atoms with Crippen LogP contribution >= 0.6 is 11.6 Å². The second-order valence-electron chi connectivity index (χ2n) is 2.35. The monoisotopic (exact) mass is 184 g/mol. The van der Waals surface area contributed by atoms with Crippen LogP contribution in [0.3, 0.4) is 0 Å². The van der Waals surface area contributed by atoms with Gasteiger partial charge in [0.1, 0.15) is 0 Å². The largest absolute Gasteiger partial charge is 0.493 e. The van der Waals surface area contributed by atoms with Crippen LogP contribution in [0.4, 0.5) is 0 Å². The molecule has 1 rings (SSSR count). The zero-order valence-corrected chi connectivity index (χ0v) is 7.84. The van der Waals surface area contributed by atoms with E-state index in [0.29, 0.717) is 5.02 Å². The Kier molecular flexibility index (Phi) is 3.60. The van der Waals surface area contributed by atoms with Crippen LogP contribution in [0.1, 0.15) is 0 Å². The van der Waals surface area contributed by atoms with Crippen LogP contribution in [0.25, 0.3) is 0 Å². The SMILES string of the molecule is COB(OC)c1ccc(Cl)cc1. The van der Waals surface area contributed by atoms with Crippen molar-refractivity contribution in [1.29, 1.82) is 0 Å². The molecule has 0 saturated carbocycles. The van der Waals surface area contributed by atoms with E-state index in [2.05, 4.69) is 0 Å².